The first-order chi connectivity index (χ1) is 17.6. The topological polar surface area (TPSA) is 87.2 Å². The number of hydrogen-bond acceptors (Lipinski definition) is 5. The highest BCUT2D eigenvalue weighted by molar-refractivity contribution is 6.07. The first kappa shape index (κ1) is 23.4. The molecule has 0 saturated heterocycles. The molecule has 2 heterocycles. The van der Waals surface area contributed by atoms with E-state index in [0.717, 1.165) is 41.8 Å². The lowest BCUT2D eigenvalue weighted by molar-refractivity contribution is -0.137. The van der Waals surface area contributed by atoms with E-state index < -0.39 is 23.1 Å². The van der Waals surface area contributed by atoms with Crippen LogP contribution in [0.15, 0.2) is 48.7 Å². The first-order valence-electron chi connectivity index (χ1n) is 12.2. The quantitative estimate of drug-likeness (QED) is 0.495. The lowest BCUT2D eigenvalue weighted by Crippen LogP contribution is -2.45. The number of alkyl halides is 3. The molecule has 2 aromatic carbocycles. The Labute approximate surface area is 211 Å². The van der Waals surface area contributed by atoms with Crippen LogP contribution in [0, 0.1) is 6.92 Å². The molecule has 37 heavy (non-hydrogen) atoms. The van der Waals surface area contributed by atoms with Gasteiger partial charge in [0.1, 0.15) is 0 Å². The smallest absolute Gasteiger partial charge is 0.351 e. The molecule has 2 fully saturated rings. The predicted octanol–water partition coefficient (Wildman–Crippen LogP) is 5.21. The number of amides is 2. The third-order valence-electron chi connectivity index (χ3n) is 7.17. The third-order valence-corrected chi connectivity index (χ3v) is 7.17. The van der Waals surface area contributed by atoms with Crippen molar-refractivity contribution in [2.75, 3.05) is 15.5 Å². The molecular weight excluding hydrogens is 483 g/mol. The zero-order valence-corrected chi connectivity index (χ0v) is 20.0. The van der Waals surface area contributed by atoms with Crippen molar-refractivity contribution >= 4 is 29.1 Å². The lowest BCUT2D eigenvalue weighted by atomic mass is 9.91. The number of benzene rings is 2. The largest absolute Gasteiger partial charge is 0.416 e. The number of nitrogens with one attached hydrogen (secondary N) is 2. The number of carbonyl (C=O) groups excluding carboxylic acids is 2. The maximum Gasteiger partial charge on any atom is 0.416 e. The molecule has 0 radical (unpaired) electrons. The summed E-state index contributed by atoms with van der Waals surface area (Å²) in [7, 11) is 0. The third kappa shape index (κ3) is 4.30. The number of aryl methyl sites for hydroxylation is 1. The summed E-state index contributed by atoms with van der Waals surface area (Å²) >= 11 is 0. The van der Waals surface area contributed by atoms with Crippen LogP contribution in [0.25, 0.3) is 0 Å². The summed E-state index contributed by atoms with van der Waals surface area (Å²) in [5.74, 6) is -0.149. The van der Waals surface area contributed by atoms with Crippen LogP contribution in [-0.4, -0.2) is 27.8 Å². The van der Waals surface area contributed by atoms with E-state index in [1.165, 1.54) is 12.1 Å². The van der Waals surface area contributed by atoms with Crippen LogP contribution in [0.5, 0.6) is 0 Å². The van der Waals surface area contributed by atoms with Crippen LogP contribution in [0.2, 0.25) is 0 Å². The monoisotopic (exact) mass is 507 g/mol. The summed E-state index contributed by atoms with van der Waals surface area (Å²) in [6.45, 7) is 2.17. The summed E-state index contributed by atoms with van der Waals surface area (Å²) in [6, 6.07) is 9.79. The minimum atomic E-state index is -4.55. The number of nitrogens with zero attached hydrogens (tertiary/aromatic N) is 3. The molecule has 1 aromatic heterocycles. The molecular formula is C27H24F3N5O2. The molecule has 3 aromatic rings. The van der Waals surface area contributed by atoms with E-state index in [0.29, 0.717) is 42.8 Å². The second-order valence-electron chi connectivity index (χ2n) is 9.99. The Bertz CT molecular complexity index is 1430. The predicted molar refractivity (Wildman–Crippen MR) is 131 cm³/mol. The van der Waals surface area contributed by atoms with Crippen molar-refractivity contribution in [2.45, 2.75) is 56.8 Å². The van der Waals surface area contributed by atoms with Gasteiger partial charge in [0, 0.05) is 34.7 Å². The minimum absolute atomic E-state index is 0.0412. The summed E-state index contributed by atoms with van der Waals surface area (Å²) < 4.78 is 39.2. The fourth-order valence-corrected chi connectivity index (χ4v) is 4.81. The van der Waals surface area contributed by atoms with Crippen molar-refractivity contribution in [3.05, 3.63) is 76.6 Å². The van der Waals surface area contributed by atoms with E-state index in [1.807, 2.05) is 6.92 Å². The van der Waals surface area contributed by atoms with Gasteiger partial charge < -0.3 is 15.5 Å². The summed E-state index contributed by atoms with van der Waals surface area (Å²) in [4.78, 5) is 37.3. The molecule has 2 saturated carbocycles. The number of aromatic nitrogens is 2. The summed E-state index contributed by atoms with van der Waals surface area (Å²) in [5.41, 5.74) is 1.85. The highest BCUT2D eigenvalue weighted by atomic mass is 19.4. The van der Waals surface area contributed by atoms with Crippen LogP contribution < -0.4 is 15.5 Å². The van der Waals surface area contributed by atoms with E-state index in [2.05, 4.69) is 15.6 Å². The number of halogens is 3. The number of carbonyl (C=O) groups is 2. The molecule has 6 rings (SSSR count). The van der Waals surface area contributed by atoms with Gasteiger partial charge in [0.05, 0.1) is 23.2 Å². The second kappa shape index (κ2) is 8.29. The van der Waals surface area contributed by atoms with Crippen LogP contribution in [-0.2, 0) is 22.9 Å². The average molecular weight is 508 g/mol. The van der Waals surface area contributed by atoms with Crippen molar-refractivity contribution in [1.82, 2.24) is 9.97 Å². The average Bonchev–Trinajstić information content (AvgIpc) is 3.80. The fraction of sp³-hybridized carbons (Fsp3) is 0.333. The number of hydrogen-bond donors (Lipinski definition) is 2. The Balaban J connectivity index is 1.27. The van der Waals surface area contributed by atoms with Crippen molar-refractivity contribution in [1.29, 1.82) is 0 Å². The normalized spacial score (nSPS) is 17.9. The van der Waals surface area contributed by atoms with Crippen molar-refractivity contribution < 1.29 is 22.8 Å². The van der Waals surface area contributed by atoms with Gasteiger partial charge in [0.25, 0.3) is 5.91 Å². The van der Waals surface area contributed by atoms with Gasteiger partial charge in [-0.1, -0.05) is 12.1 Å². The fourth-order valence-electron chi connectivity index (χ4n) is 4.81. The molecule has 2 N–H and O–H groups in total. The van der Waals surface area contributed by atoms with Gasteiger partial charge in [-0.25, -0.2) is 9.97 Å². The lowest BCUT2D eigenvalue weighted by Gasteiger charge is -2.34. The van der Waals surface area contributed by atoms with Gasteiger partial charge in [0.2, 0.25) is 11.9 Å². The highest BCUT2D eigenvalue weighted by Gasteiger charge is 2.58. The second-order valence-corrected chi connectivity index (χ2v) is 9.99. The standard InChI is InChI=1S/C27H24F3N5O2/c1-15-5-6-20(32-23(36)16-3-2-4-18(11-16)27(28,29)30)12-21(15)35-14-17-13-31-25(33-19-7-8-19)34-22(17)26(9-10-26)24(35)37/h2-6,11-13,19H,7-10,14H2,1H3,(H,32,36)(H,31,33,34). The SMILES string of the molecule is Cc1ccc(NC(=O)c2cccc(C(F)(F)F)c2)cc1N1Cc2cnc(NC3CC3)nc2C2(CC2)C1=O. The Morgan fingerprint density at radius 2 is 1.92 bits per heavy atom. The molecule has 1 aliphatic heterocycles. The van der Waals surface area contributed by atoms with Crippen molar-refractivity contribution in [2.24, 2.45) is 0 Å². The highest BCUT2D eigenvalue weighted by Crippen LogP contribution is 2.53. The molecule has 2 amide bonds. The van der Waals surface area contributed by atoms with Gasteiger partial charge in [-0.3, -0.25) is 9.59 Å². The molecule has 3 aliphatic rings. The molecule has 7 nitrogen and oxygen atoms in total. The Morgan fingerprint density at radius 3 is 2.62 bits per heavy atom. The van der Waals surface area contributed by atoms with E-state index in [1.54, 1.807) is 29.3 Å². The molecule has 10 heteroatoms. The van der Waals surface area contributed by atoms with Crippen molar-refractivity contribution in [3.8, 4) is 0 Å². The van der Waals surface area contributed by atoms with Gasteiger partial charge in [-0.15, -0.1) is 0 Å². The summed E-state index contributed by atoms with van der Waals surface area (Å²) in [5, 5.41) is 5.97. The van der Waals surface area contributed by atoms with E-state index in [4.69, 9.17) is 4.98 Å². The Morgan fingerprint density at radius 1 is 1.14 bits per heavy atom. The van der Waals surface area contributed by atoms with Crippen LogP contribution in [0.4, 0.5) is 30.5 Å². The molecule has 0 bridgehead atoms. The Kier molecular flexibility index (Phi) is 5.25. The zero-order valence-electron chi connectivity index (χ0n) is 20.0. The van der Waals surface area contributed by atoms with Crippen LogP contribution >= 0.6 is 0 Å². The first-order valence-corrected chi connectivity index (χ1v) is 12.2. The van der Waals surface area contributed by atoms with E-state index in [9.17, 15) is 22.8 Å². The maximum absolute atomic E-state index is 13.7. The molecule has 2 aliphatic carbocycles. The van der Waals surface area contributed by atoms with Crippen LogP contribution in [0.1, 0.15) is 58.4 Å². The molecule has 0 unspecified atom stereocenters. The van der Waals surface area contributed by atoms with Gasteiger partial charge in [0.15, 0.2) is 0 Å². The Hall–Kier alpha value is -3.95. The molecule has 0 atom stereocenters. The van der Waals surface area contributed by atoms with Gasteiger partial charge in [-0.2, -0.15) is 13.2 Å². The van der Waals surface area contributed by atoms with E-state index >= 15 is 0 Å². The molecule has 190 valence electrons. The zero-order chi connectivity index (χ0) is 25.9. The molecule has 1 spiro atoms. The van der Waals surface area contributed by atoms with Crippen molar-refractivity contribution in [3.63, 3.8) is 0 Å². The summed E-state index contributed by atoms with van der Waals surface area (Å²) in [6.07, 6.45) is 0.841. The number of rotatable bonds is 5. The van der Waals surface area contributed by atoms with Gasteiger partial charge >= 0.3 is 6.18 Å². The minimum Gasteiger partial charge on any atom is -0.351 e. The maximum atomic E-state index is 13.7. The van der Waals surface area contributed by atoms with E-state index in [-0.39, 0.29) is 11.5 Å². The number of anilines is 3. The van der Waals surface area contributed by atoms with Crippen LogP contribution in [0.3, 0.4) is 0 Å². The number of fused-ring (bicyclic) bond motifs is 2. The van der Waals surface area contributed by atoms with Gasteiger partial charge in [-0.05, 0) is 68.5 Å².